The quantitative estimate of drug-likeness (QED) is 0.789. The molecule has 24 heavy (non-hydrogen) atoms. The zero-order chi connectivity index (χ0) is 17.2. The summed E-state index contributed by atoms with van der Waals surface area (Å²) in [4.78, 5) is 10.4. The second-order valence-corrected chi connectivity index (χ2v) is 8.52. The van der Waals surface area contributed by atoms with E-state index in [1.807, 2.05) is 6.07 Å². The van der Waals surface area contributed by atoms with Gasteiger partial charge >= 0.3 is 0 Å². The maximum absolute atomic E-state index is 11.5. The third-order valence-corrected chi connectivity index (χ3v) is 6.09. The Labute approximate surface area is 142 Å². The normalized spacial score (nSPS) is 23.1. The van der Waals surface area contributed by atoms with Crippen LogP contribution in [0.1, 0.15) is 19.8 Å². The molecule has 2 saturated heterocycles. The van der Waals surface area contributed by atoms with E-state index in [9.17, 15) is 8.42 Å². The first-order valence-electron chi connectivity index (χ1n) is 8.17. The highest BCUT2D eigenvalue weighted by atomic mass is 32.2. The topological polar surface area (TPSA) is 93.7 Å². The van der Waals surface area contributed by atoms with Crippen molar-refractivity contribution in [3.05, 3.63) is 12.4 Å². The molecule has 0 radical (unpaired) electrons. The number of anilines is 1. The number of ether oxygens (including phenoxy) is 2. The number of hydrogen-bond acceptors (Lipinski definition) is 7. The van der Waals surface area contributed by atoms with Crippen LogP contribution in [0.25, 0.3) is 0 Å². The van der Waals surface area contributed by atoms with Crippen LogP contribution in [0.4, 0.5) is 5.82 Å². The lowest BCUT2D eigenvalue weighted by Crippen LogP contribution is -2.65. The van der Waals surface area contributed by atoms with Gasteiger partial charge in [0.05, 0.1) is 32.6 Å². The molecular formula is C15H24N4O4S. The number of rotatable bonds is 6. The molecule has 8 nitrogen and oxygen atoms in total. The number of sulfonamides is 1. The summed E-state index contributed by atoms with van der Waals surface area (Å²) >= 11 is 0. The number of hydrogen-bond donors (Lipinski definition) is 1. The summed E-state index contributed by atoms with van der Waals surface area (Å²) in [5, 5.41) is 0. The van der Waals surface area contributed by atoms with Gasteiger partial charge in [0, 0.05) is 12.6 Å². The van der Waals surface area contributed by atoms with Gasteiger partial charge in [0.2, 0.25) is 15.9 Å². The van der Waals surface area contributed by atoms with E-state index in [4.69, 9.17) is 9.47 Å². The standard InChI is InChI=1S/C15H24N4O4S/c1-3-24(20,21)18-7-12-4-5-15(23-8-12)9-19(10-15)13-6-14(22-2)17-11-16-13/h6,11-12,18H,3-5,7-10H2,1-2H3. The Morgan fingerprint density at radius 3 is 2.88 bits per heavy atom. The molecule has 1 spiro atoms. The maximum Gasteiger partial charge on any atom is 0.218 e. The van der Waals surface area contributed by atoms with E-state index in [-0.39, 0.29) is 17.3 Å². The Hall–Kier alpha value is -1.45. The second-order valence-electron chi connectivity index (χ2n) is 6.43. The van der Waals surface area contributed by atoms with E-state index in [1.165, 1.54) is 6.33 Å². The average Bonchev–Trinajstić information content (AvgIpc) is 2.58. The van der Waals surface area contributed by atoms with Crippen LogP contribution in [-0.2, 0) is 14.8 Å². The van der Waals surface area contributed by atoms with Crippen molar-refractivity contribution in [1.29, 1.82) is 0 Å². The van der Waals surface area contributed by atoms with Crippen molar-refractivity contribution in [2.45, 2.75) is 25.4 Å². The third-order valence-electron chi connectivity index (χ3n) is 4.72. The maximum atomic E-state index is 11.5. The first-order valence-corrected chi connectivity index (χ1v) is 9.83. The van der Waals surface area contributed by atoms with Gasteiger partial charge in [0.15, 0.2) is 0 Å². The number of aromatic nitrogens is 2. The molecule has 0 saturated carbocycles. The molecule has 1 atom stereocenters. The second kappa shape index (κ2) is 6.81. The highest BCUT2D eigenvalue weighted by Gasteiger charge is 2.47. The zero-order valence-corrected chi connectivity index (χ0v) is 14.9. The Bertz CT molecular complexity index is 666. The summed E-state index contributed by atoms with van der Waals surface area (Å²) in [6.45, 7) is 4.27. The van der Waals surface area contributed by atoms with Crippen molar-refractivity contribution in [2.24, 2.45) is 5.92 Å². The molecule has 1 unspecified atom stereocenters. The molecule has 1 aromatic rings. The molecule has 0 aromatic carbocycles. The minimum atomic E-state index is -3.13. The van der Waals surface area contributed by atoms with Crippen molar-refractivity contribution in [1.82, 2.24) is 14.7 Å². The lowest BCUT2D eigenvalue weighted by molar-refractivity contribution is -0.114. The van der Waals surface area contributed by atoms with Crippen LogP contribution < -0.4 is 14.4 Å². The molecule has 2 aliphatic heterocycles. The van der Waals surface area contributed by atoms with Gasteiger partial charge in [0.25, 0.3) is 0 Å². The number of nitrogens with zero attached hydrogens (tertiary/aromatic N) is 3. The first-order chi connectivity index (χ1) is 11.5. The van der Waals surface area contributed by atoms with E-state index < -0.39 is 10.0 Å². The lowest BCUT2D eigenvalue weighted by Gasteiger charge is -2.53. The lowest BCUT2D eigenvalue weighted by atomic mass is 9.83. The first kappa shape index (κ1) is 17.4. The van der Waals surface area contributed by atoms with E-state index in [1.54, 1.807) is 14.0 Å². The van der Waals surface area contributed by atoms with E-state index in [0.717, 1.165) is 31.7 Å². The van der Waals surface area contributed by atoms with Crippen LogP contribution in [0.2, 0.25) is 0 Å². The summed E-state index contributed by atoms with van der Waals surface area (Å²) in [6.07, 6.45) is 3.40. The third kappa shape index (κ3) is 3.79. The van der Waals surface area contributed by atoms with Crippen molar-refractivity contribution in [3.8, 4) is 5.88 Å². The van der Waals surface area contributed by atoms with Gasteiger partial charge in [-0.15, -0.1) is 0 Å². The average molecular weight is 356 g/mol. The minimum absolute atomic E-state index is 0.113. The van der Waals surface area contributed by atoms with Crippen LogP contribution >= 0.6 is 0 Å². The van der Waals surface area contributed by atoms with E-state index >= 15 is 0 Å². The van der Waals surface area contributed by atoms with Gasteiger partial charge in [-0.1, -0.05) is 0 Å². The SMILES string of the molecule is CCS(=O)(=O)NCC1CCC2(CN(c3cc(OC)ncn3)C2)OC1. The highest BCUT2D eigenvalue weighted by molar-refractivity contribution is 7.89. The highest BCUT2D eigenvalue weighted by Crippen LogP contribution is 2.38. The molecule has 0 amide bonds. The van der Waals surface area contributed by atoms with Gasteiger partial charge in [-0.3, -0.25) is 0 Å². The van der Waals surface area contributed by atoms with Crippen LogP contribution in [0, 0.1) is 5.92 Å². The predicted molar refractivity (Wildman–Crippen MR) is 89.7 cm³/mol. The predicted octanol–water partition coefficient (Wildman–Crippen LogP) is 0.410. The van der Waals surface area contributed by atoms with Gasteiger partial charge in [-0.2, -0.15) is 0 Å². The molecule has 9 heteroatoms. The van der Waals surface area contributed by atoms with Crippen molar-refractivity contribution < 1.29 is 17.9 Å². The summed E-state index contributed by atoms with van der Waals surface area (Å²) in [7, 11) is -1.55. The van der Waals surface area contributed by atoms with Crippen molar-refractivity contribution in [3.63, 3.8) is 0 Å². The van der Waals surface area contributed by atoms with Gasteiger partial charge in [0.1, 0.15) is 17.7 Å². The molecule has 134 valence electrons. The smallest absolute Gasteiger partial charge is 0.218 e. The molecule has 3 heterocycles. The Balaban J connectivity index is 1.48. The number of methoxy groups -OCH3 is 1. The van der Waals surface area contributed by atoms with Crippen LogP contribution in [0.5, 0.6) is 5.88 Å². The summed E-state index contributed by atoms with van der Waals surface area (Å²) in [6, 6.07) is 1.82. The molecule has 1 aromatic heterocycles. The fraction of sp³-hybridized carbons (Fsp3) is 0.733. The summed E-state index contributed by atoms with van der Waals surface area (Å²) in [5.41, 5.74) is -0.127. The minimum Gasteiger partial charge on any atom is -0.481 e. The van der Waals surface area contributed by atoms with Gasteiger partial charge < -0.3 is 14.4 Å². The van der Waals surface area contributed by atoms with Gasteiger partial charge in [-0.25, -0.2) is 23.1 Å². The molecule has 0 aliphatic carbocycles. The Kier molecular flexibility index (Phi) is 4.93. The fourth-order valence-corrected chi connectivity index (χ4v) is 3.79. The molecule has 2 fully saturated rings. The zero-order valence-electron chi connectivity index (χ0n) is 14.1. The molecular weight excluding hydrogens is 332 g/mol. The Morgan fingerprint density at radius 1 is 1.46 bits per heavy atom. The Morgan fingerprint density at radius 2 is 2.25 bits per heavy atom. The molecule has 0 bridgehead atoms. The molecule has 1 N–H and O–H groups in total. The summed E-state index contributed by atoms with van der Waals surface area (Å²) < 4.78 is 36.8. The van der Waals surface area contributed by atoms with Gasteiger partial charge in [-0.05, 0) is 25.7 Å². The largest absolute Gasteiger partial charge is 0.481 e. The van der Waals surface area contributed by atoms with Crippen LogP contribution in [0.3, 0.4) is 0 Å². The van der Waals surface area contributed by atoms with E-state index in [2.05, 4.69) is 19.6 Å². The van der Waals surface area contributed by atoms with Crippen molar-refractivity contribution >= 4 is 15.8 Å². The molecule has 2 aliphatic rings. The monoisotopic (exact) mass is 356 g/mol. The van der Waals surface area contributed by atoms with Crippen LogP contribution in [-0.4, -0.2) is 63.1 Å². The van der Waals surface area contributed by atoms with Crippen molar-refractivity contribution in [2.75, 3.05) is 44.0 Å². The van der Waals surface area contributed by atoms with E-state index in [0.29, 0.717) is 19.0 Å². The summed E-state index contributed by atoms with van der Waals surface area (Å²) in [5.74, 6) is 1.75. The fourth-order valence-electron chi connectivity index (χ4n) is 3.10. The number of nitrogens with one attached hydrogen (secondary N) is 1. The van der Waals surface area contributed by atoms with Crippen LogP contribution in [0.15, 0.2) is 12.4 Å². The molecule has 3 rings (SSSR count).